The Kier molecular flexibility index (Phi) is 9.09. The molecule has 0 aliphatic heterocycles. The minimum atomic E-state index is -5.07. The van der Waals surface area contributed by atoms with Gasteiger partial charge in [-0.2, -0.15) is 8.42 Å². The molecule has 0 unspecified atom stereocenters. The molecule has 1 aromatic heterocycles. The van der Waals surface area contributed by atoms with E-state index in [1.165, 1.54) is 36.4 Å². The molecule has 13 nitrogen and oxygen atoms in total. The van der Waals surface area contributed by atoms with Crippen LogP contribution in [0.2, 0.25) is 5.02 Å². The van der Waals surface area contributed by atoms with E-state index in [-0.39, 0.29) is 63.4 Å². The van der Waals surface area contributed by atoms with Gasteiger partial charge in [0, 0.05) is 33.6 Å². The molecule has 0 fully saturated rings. The number of carbonyl (C=O) groups is 3. The summed E-state index contributed by atoms with van der Waals surface area (Å²) in [7, 11) is -8.90. The fraction of sp³-hybridized carbons (Fsp3) is 0.118. The summed E-state index contributed by atoms with van der Waals surface area (Å²) in [5, 5.41) is 12.0. The largest absolute Gasteiger partial charge is 0.481 e. The second-order valence-corrected chi connectivity index (χ2v) is 15.2. The van der Waals surface area contributed by atoms with Gasteiger partial charge >= 0.3 is 11.9 Å². The lowest BCUT2D eigenvalue weighted by Crippen LogP contribution is -2.25. The molecule has 16 heteroatoms. The fourth-order valence-electron chi connectivity index (χ4n) is 5.76. The van der Waals surface area contributed by atoms with Crippen molar-refractivity contribution in [2.45, 2.75) is 29.2 Å². The summed E-state index contributed by atoms with van der Waals surface area (Å²) in [6, 6.07) is 18.7. The second-order valence-electron chi connectivity index (χ2n) is 11.3. The molecule has 0 atom stereocenters. The number of esters is 1. The number of pyridine rings is 1. The first-order valence-electron chi connectivity index (χ1n) is 14.8. The summed E-state index contributed by atoms with van der Waals surface area (Å²) in [4.78, 5) is 53.6. The first-order valence-corrected chi connectivity index (χ1v) is 18.2. The number of aliphatic carboxylic acids is 1. The van der Waals surface area contributed by atoms with E-state index in [9.17, 15) is 40.6 Å². The number of carboxylic acid groups (broad SMARTS) is 1. The third-order valence-electron chi connectivity index (χ3n) is 7.96. The van der Waals surface area contributed by atoms with Gasteiger partial charge in [0.05, 0.1) is 27.4 Å². The summed E-state index contributed by atoms with van der Waals surface area (Å²) in [6.45, 7) is -0.271. The van der Waals surface area contributed by atoms with Crippen LogP contribution in [0.5, 0.6) is 0 Å². The average molecular weight is 737 g/mol. The van der Waals surface area contributed by atoms with Crippen LogP contribution < -0.4 is 10.9 Å². The topological polar surface area (TPSA) is 214 Å². The van der Waals surface area contributed by atoms with Crippen molar-refractivity contribution in [1.29, 1.82) is 0 Å². The first-order chi connectivity index (χ1) is 23.7. The van der Waals surface area contributed by atoms with Crippen molar-refractivity contribution in [3.8, 4) is 11.1 Å². The van der Waals surface area contributed by atoms with Crippen LogP contribution in [0.15, 0.2) is 93.4 Å². The van der Waals surface area contributed by atoms with Crippen molar-refractivity contribution in [2.24, 2.45) is 0 Å². The molecule has 256 valence electrons. The van der Waals surface area contributed by atoms with E-state index in [2.05, 4.69) is 10.3 Å². The van der Waals surface area contributed by atoms with Gasteiger partial charge in [0.1, 0.15) is 17.1 Å². The molecule has 50 heavy (non-hydrogen) atoms. The molecule has 0 bridgehead atoms. The number of sulfone groups is 1. The van der Waals surface area contributed by atoms with Crippen LogP contribution in [0.1, 0.15) is 44.7 Å². The number of benzene rings is 4. The van der Waals surface area contributed by atoms with Crippen molar-refractivity contribution >= 4 is 71.6 Å². The number of ketones is 1. The number of ether oxygens (including phenoxy) is 1. The Morgan fingerprint density at radius 2 is 1.58 bits per heavy atom. The maximum Gasteiger partial charge on any atom is 0.344 e. The van der Waals surface area contributed by atoms with Crippen LogP contribution >= 0.6 is 11.6 Å². The summed E-state index contributed by atoms with van der Waals surface area (Å²) in [6.07, 6.45) is -0.424. The third-order valence-corrected chi connectivity index (χ3v) is 10.9. The van der Waals surface area contributed by atoms with Crippen molar-refractivity contribution in [3.63, 3.8) is 0 Å². The molecule has 0 saturated carbocycles. The number of aromatic amines is 1. The summed E-state index contributed by atoms with van der Waals surface area (Å²) < 4.78 is 66.6. The summed E-state index contributed by atoms with van der Waals surface area (Å²) in [5.74, 6) is -3.22. The van der Waals surface area contributed by atoms with E-state index in [0.717, 1.165) is 6.07 Å². The van der Waals surface area contributed by atoms with Gasteiger partial charge in [-0.1, -0.05) is 48.0 Å². The third kappa shape index (κ3) is 6.63. The van der Waals surface area contributed by atoms with Gasteiger partial charge in [0.15, 0.2) is 15.6 Å². The standard InChI is InChI=1S/C34H25ClN2O11S2/c35-19-6-3-5-18(15-19)17-48-34(42)30-27-22-7-1-2-8-23(22)32(40)28-24(16-25(50(45,46)47)31(29(27)28)37-33(30)41)36-20-10-12-21(13-11-20)49(43,44)14-4-9-26(38)39/h1-3,5-8,10-13,15-16,36H,4,9,14,17H2,(H,37,41)(H,38,39)(H,45,46,47). The van der Waals surface area contributed by atoms with E-state index in [4.69, 9.17) is 21.4 Å². The number of rotatable bonds is 11. The minimum Gasteiger partial charge on any atom is -0.481 e. The molecular weight excluding hydrogens is 712 g/mol. The summed E-state index contributed by atoms with van der Waals surface area (Å²) in [5.41, 5.74) is -1.42. The van der Waals surface area contributed by atoms with E-state index in [0.29, 0.717) is 10.6 Å². The van der Waals surface area contributed by atoms with Crippen LogP contribution in [0.3, 0.4) is 0 Å². The van der Waals surface area contributed by atoms with Crippen molar-refractivity contribution in [3.05, 3.63) is 116 Å². The maximum absolute atomic E-state index is 14.1. The first kappa shape index (κ1) is 34.5. The van der Waals surface area contributed by atoms with Gasteiger partial charge in [0.25, 0.3) is 15.7 Å². The number of fused-ring (bicyclic) bond motifs is 2. The van der Waals surface area contributed by atoms with Crippen molar-refractivity contribution < 1.29 is 45.6 Å². The van der Waals surface area contributed by atoms with Gasteiger partial charge in [-0.25, -0.2) is 13.2 Å². The maximum atomic E-state index is 14.1. The lowest BCUT2D eigenvalue weighted by atomic mass is 9.81. The number of carboxylic acids is 1. The number of halogens is 1. The average Bonchev–Trinajstić information content (AvgIpc) is 3.05. The van der Waals surface area contributed by atoms with Gasteiger partial charge in [-0.3, -0.25) is 18.9 Å². The Balaban J connectivity index is 1.51. The molecule has 6 rings (SSSR count). The fourth-order valence-corrected chi connectivity index (χ4v) is 7.96. The van der Waals surface area contributed by atoms with E-state index < -0.39 is 65.0 Å². The molecule has 1 heterocycles. The Morgan fingerprint density at radius 3 is 2.24 bits per heavy atom. The Hall–Kier alpha value is -5.35. The van der Waals surface area contributed by atoms with Crippen molar-refractivity contribution in [2.75, 3.05) is 11.1 Å². The highest BCUT2D eigenvalue weighted by Gasteiger charge is 2.36. The molecular formula is C34H25ClN2O11S2. The zero-order chi connectivity index (χ0) is 36.0. The molecule has 4 aromatic carbocycles. The zero-order valence-electron chi connectivity index (χ0n) is 25.6. The molecule has 5 aromatic rings. The normalized spacial score (nSPS) is 12.4. The number of H-pyrrole nitrogens is 1. The van der Waals surface area contributed by atoms with E-state index in [1.807, 2.05) is 0 Å². The number of hydrogen-bond donors (Lipinski definition) is 4. The van der Waals surface area contributed by atoms with Crippen LogP contribution in [-0.2, 0) is 36.1 Å². The predicted octanol–water partition coefficient (Wildman–Crippen LogP) is 5.38. The smallest absolute Gasteiger partial charge is 0.344 e. The molecule has 1 aliphatic carbocycles. The SMILES string of the molecule is O=C(O)CCCS(=O)(=O)c1ccc(Nc2cc(S(=O)(=O)O)c3[nH]c(=O)c(C(=O)OCc4cccc(Cl)c4)c4c3c2C(=O)c2ccccc2-4)cc1. The number of anilines is 2. The summed E-state index contributed by atoms with van der Waals surface area (Å²) >= 11 is 6.04. The van der Waals surface area contributed by atoms with Gasteiger partial charge < -0.3 is 20.1 Å². The van der Waals surface area contributed by atoms with Gasteiger partial charge in [0.2, 0.25) is 0 Å². The Morgan fingerprint density at radius 1 is 0.880 bits per heavy atom. The highest BCUT2D eigenvalue weighted by atomic mass is 35.5. The quantitative estimate of drug-likeness (QED) is 0.0975. The number of carbonyl (C=O) groups excluding carboxylic acids is 2. The van der Waals surface area contributed by atoms with Gasteiger partial charge in [-0.05, 0) is 60.0 Å². The highest BCUT2D eigenvalue weighted by Crippen LogP contribution is 2.45. The molecule has 0 amide bonds. The van der Waals surface area contributed by atoms with Crippen LogP contribution in [0, 0.1) is 0 Å². The van der Waals surface area contributed by atoms with E-state index in [1.54, 1.807) is 36.4 Å². The van der Waals surface area contributed by atoms with Crippen LogP contribution in [0.25, 0.3) is 22.0 Å². The van der Waals surface area contributed by atoms with E-state index >= 15 is 0 Å². The number of hydrogen-bond acceptors (Lipinski definition) is 10. The molecule has 4 N–H and O–H groups in total. The predicted molar refractivity (Wildman–Crippen MR) is 182 cm³/mol. The lowest BCUT2D eigenvalue weighted by molar-refractivity contribution is -0.137. The molecule has 0 saturated heterocycles. The monoisotopic (exact) mass is 736 g/mol. The van der Waals surface area contributed by atoms with Crippen molar-refractivity contribution in [1.82, 2.24) is 4.98 Å². The molecule has 0 spiro atoms. The van der Waals surface area contributed by atoms with Crippen LogP contribution in [0.4, 0.5) is 11.4 Å². The Bertz CT molecular complexity index is 2530. The number of nitrogens with one attached hydrogen (secondary N) is 2. The Labute approximate surface area is 289 Å². The van der Waals surface area contributed by atoms with Crippen LogP contribution in [-0.4, -0.2) is 55.0 Å². The molecule has 0 radical (unpaired) electrons. The molecule has 1 aliphatic rings. The highest BCUT2D eigenvalue weighted by molar-refractivity contribution is 7.91. The minimum absolute atomic E-state index is 0.0845. The zero-order valence-corrected chi connectivity index (χ0v) is 28.0. The van der Waals surface area contributed by atoms with Gasteiger partial charge in [-0.15, -0.1) is 0 Å². The second kappa shape index (κ2) is 13.2. The number of aromatic nitrogens is 1. The lowest BCUT2D eigenvalue weighted by Gasteiger charge is -2.25.